The molecule has 0 radical (unpaired) electrons. The highest BCUT2D eigenvalue weighted by atomic mass is 16.5. The number of piperidine rings is 1. The lowest BCUT2D eigenvalue weighted by molar-refractivity contribution is 0.120. The van der Waals surface area contributed by atoms with Crippen LogP contribution in [0.3, 0.4) is 0 Å². The van der Waals surface area contributed by atoms with Crippen molar-refractivity contribution in [2.75, 3.05) is 20.2 Å². The number of methoxy groups -OCH3 is 1. The topological polar surface area (TPSA) is 38.8 Å². The number of likely N-dealkylation sites (tertiary alicyclic amines) is 1. The van der Waals surface area contributed by atoms with E-state index in [0.29, 0.717) is 13.1 Å². The predicted molar refractivity (Wildman–Crippen MR) is 92.2 cm³/mol. The first-order valence-electron chi connectivity index (χ1n) is 8.19. The van der Waals surface area contributed by atoms with Gasteiger partial charge in [-0.15, -0.1) is 0 Å². The molecule has 2 aliphatic rings. The number of hydrogen-bond donors (Lipinski definition) is 0. The van der Waals surface area contributed by atoms with Crippen LogP contribution in [-0.2, 0) is 4.74 Å². The lowest BCUT2D eigenvalue weighted by atomic mass is 9.86. The molecule has 2 aromatic carbocycles. The first-order valence-corrected chi connectivity index (χ1v) is 8.19. The van der Waals surface area contributed by atoms with Gasteiger partial charge in [-0.1, -0.05) is 42.0 Å². The van der Waals surface area contributed by atoms with Crippen molar-refractivity contribution in [2.45, 2.75) is 12.8 Å². The predicted octanol–water partition coefficient (Wildman–Crippen LogP) is 4.46. The van der Waals surface area contributed by atoms with Crippen LogP contribution >= 0.6 is 0 Å². The molecule has 0 bridgehead atoms. The van der Waals surface area contributed by atoms with Crippen molar-refractivity contribution in [3.63, 3.8) is 0 Å². The minimum Gasteiger partial charge on any atom is -0.456 e. The maximum atomic E-state index is 11.7. The van der Waals surface area contributed by atoms with Gasteiger partial charge in [0.2, 0.25) is 0 Å². The van der Waals surface area contributed by atoms with Gasteiger partial charge >= 0.3 is 6.09 Å². The summed E-state index contributed by atoms with van der Waals surface area (Å²) in [5.41, 5.74) is 4.91. The van der Waals surface area contributed by atoms with Gasteiger partial charge in [0.25, 0.3) is 0 Å². The lowest BCUT2D eigenvalue weighted by Crippen LogP contribution is -2.36. The molecule has 24 heavy (non-hydrogen) atoms. The molecule has 4 nitrogen and oxygen atoms in total. The maximum Gasteiger partial charge on any atom is 0.409 e. The van der Waals surface area contributed by atoms with Crippen molar-refractivity contribution < 1.29 is 14.3 Å². The molecule has 1 saturated heterocycles. The second-order valence-electron chi connectivity index (χ2n) is 6.03. The van der Waals surface area contributed by atoms with Crippen molar-refractivity contribution in [1.29, 1.82) is 0 Å². The highest BCUT2D eigenvalue weighted by Crippen LogP contribution is 2.46. The average molecular weight is 321 g/mol. The van der Waals surface area contributed by atoms with Gasteiger partial charge in [-0.2, -0.15) is 0 Å². The normalized spacial score (nSPS) is 16.1. The number of hydrogen-bond acceptors (Lipinski definition) is 3. The van der Waals surface area contributed by atoms with Gasteiger partial charge < -0.3 is 14.4 Å². The Bertz CT molecular complexity index is 768. The van der Waals surface area contributed by atoms with E-state index in [-0.39, 0.29) is 6.09 Å². The summed E-state index contributed by atoms with van der Waals surface area (Å²) in [6, 6.07) is 16.3. The molecule has 0 aliphatic carbocycles. The minimum atomic E-state index is -0.244. The van der Waals surface area contributed by atoms with E-state index >= 15 is 0 Å². The summed E-state index contributed by atoms with van der Waals surface area (Å²) in [5, 5.41) is 0. The summed E-state index contributed by atoms with van der Waals surface area (Å²) in [4.78, 5) is 13.5. The highest BCUT2D eigenvalue weighted by Gasteiger charge is 2.27. The van der Waals surface area contributed by atoms with Crippen LogP contribution in [0.1, 0.15) is 24.0 Å². The number of carbonyl (C=O) groups is 1. The van der Waals surface area contributed by atoms with Gasteiger partial charge in [0, 0.05) is 24.2 Å². The first-order chi connectivity index (χ1) is 11.8. The number of benzene rings is 2. The van der Waals surface area contributed by atoms with Gasteiger partial charge in [0.1, 0.15) is 11.5 Å². The quantitative estimate of drug-likeness (QED) is 0.614. The molecule has 2 heterocycles. The Kier molecular flexibility index (Phi) is 3.73. The molecular formula is C20H19NO3. The van der Waals surface area contributed by atoms with Crippen LogP contribution < -0.4 is 4.74 Å². The maximum absolute atomic E-state index is 11.7. The molecule has 0 spiro atoms. The number of para-hydroxylation sites is 2. The van der Waals surface area contributed by atoms with E-state index in [4.69, 9.17) is 9.47 Å². The monoisotopic (exact) mass is 321 g/mol. The van der Waals surface area contributed by atoms with Crippen LogP contribution in [0.4, 0.5) is 4.79 Å². The number of rotatable bonds is 0. The van der Waals surface area contributed by atoms with Crippen molar-refractivity contribution in [2.24, 2.45) is 0 Å². The third kappa shape index (κ3) is 2.44. The SMILES string of the molecule is COC(=O)N1CCC(=C2c3ccccc3Oc3ccccc32)CC1. The molecule has 0 N–H and O–H groups in total. The van der Waals surface area contributed by atoms with E-state index in [9.17, 15) is 4.79 Å². The summed E-state index contributed by atoms with van der Waals surface area (Å²) in [6.07, 6.45) is 1.46. The fourth-order valence-corrected chi connectivity index (χ4v) is 3.51. The molecule has 0 saturated carbocycles. The highest BCUT2D eigenvalue weighted by molar-refractivity contribution is 5.89. The molecule has 2 aliphatic heterocycles. The zero-order valence-electron chi connectivity index (χ0n) is 13.6. The van der Waals surface area contributed by atoms with E-state index in [1.807, 2.05) is 36.4 Å². The molecule has 4 heteroatoms. The van der Waals surface area contributed by atoms with Crippen LogP contribution in [0, 0.1) is 0 Å². The summed E-state index contributed by atoms with van der Waals surface area (Å²) < 4.78 is 10.9. The second-order valence-corrected chi connectivity index (χ2v) is 6.03. The Balaban J connectivity index is 1.77. The largest absolute Gasteiger partial charge is 0.456 e. The van der Waals surface area contributed by atoms with Crippen molar-refractivity contribution >= 4 is 11.7 Å². The van der Waals surface area contributed by atoms with Crippen LogP contribution in [0.5, 0.6) is 11.5 Å². The zero-order valence-corrected chi connectivity index (χ0v) is 13.6. The molecule has 0 aromatic heterocycles. The van der Waals surface area contributed by atoms with Gasteiger partial charge in [-0.05, 0) is 30.5 Å². The number of ether oxygens (including phenoxy) is 2. The fraction of sp³-hybridized carbons (Fsp3) is 0.250. The number of nitrogens with zero attached hydrogens (tertiary/aromatic N) is 1. The third-order valence-corrected chi connectivity index (χ3v) is 4.69. The van der Waals surface area contributed by atoms with Crippen molar-refractivity contribution in [1.82, 2.24) is 4.90 Å². The van der Waals surface area contributed by atoms with Crippen LogP contribution in [0.15, 0.2) is 54.1 Å². The Labute approximate surface area is 141 Å². The van der Waals surface area contributed by atoms with E-state index in [1.54, 1.807) is 4.90 Å². The Hall–Kier alpha value is -2.75. The van der Waals surface area contributed by atoms with E-state index < -0.39 is 0 Å². The minimum absolute atomic E-state index is 0.244. The van der Waals surface area contributed by atoms with Gasteiger partial charge in [-0.25, -0.2) is 4.79 Å². The third-order valence-electron chi connectivity index (χ3n) is 4.69. The van der Waals surface area contributed by atoms with Gasteiger partial charge in [0.15, 0.2) is 0 Å². The molecule has 0 atom stereocenters. The van der Waals surface area contributed by atoms with Gasteiger partial charge in [0.05, 0.1) is 7.11 Å². The zero-order chi connectivity index (χ0) is 16.5. The van der Waals surface area contributed by atoms with Crippen LogP contribution in [-0.4, -0.2) is 31.2 Å². The van der Waals surface area contributed by atoms with E-state index in [1.165, 1.54) is 18.3 Å². The summed E-state index contributed by atoms with van der Waals surface area (Å²) >= 11 is 0. The first kappa shape index (κ1) is 14.8. The fourth-order valence-electron chi connectivity index (χ4n) is 3.51. The standard InChI is InChI=1S/C20H19NO3/c1-23-20(22)21-12-10-14(11-13-21)19-15-6-2-4-8-17(15)24-18-9-5-3-7-16(18)19/h2-9H,10-13H2,1H3. The Morgan fingerprint density at radius 3 is 2.04 bits per heavy atom. The summed E-state index contributed by atoms with van der Waals surface area (Å²) in [5.74, 6) is 1.79. The number of carbonyl (C=O) groups excluding carboxylic acids is 1. The average Bonchev–Trinajstić information content (AvgIpc) is 2.65. The van der Waals surface area contributed by atoms with Crippen LogP contribution in [0.2, 0.25) is 0 Å². The molecule has 2 aromatic rings. The second kappa shape index (κ2) is 6.04. The summed E-state index contributed by atoms with van der Waals surface area (Å²) in [7, 11) is 1.43. The smallest absolute Gasteiger partial charge is 0.409 e. The van der Waals surface area contributed by atoms with Crippen molar-refractivity contribution in [3.05, 3.63) is 65.2 Å². The molecule has 0 unspecified atom stereocenters. The Morgan fingerprint density at radius 1 is 0.958 bits per heavy atom. The number of amides is 1. The molecule has 122 valence electrons. The molecule has 4 rings (SSSR count). The lowest BCUT2D eigenvalue weighted by Gasteiger charge is -2.31. The molecule has 1 fully saturated rings. The van der Waals surface area contributed by atoms with Crippen molar-refractivity contribution in [3.8, 4) is 11.5 Å². The summed E-state index contributed by atoms with van der Waals surface area (Å²) in [6.45, 7) is 1.38. The van der Waals surface area contributed by atoms with Crippen LogP contribution in [0.25, 0.3) is 5.57 Å². The Morgan fingerprint density at radius 2 is 1.50 bits per heavy atom. The van der Waals surface area contributed by atoms with Gasteiger partial charge in [-0.3, -0.25) is 0 Å². The van der Waals surface area contributed by atoms with E-state index in [0.717, 1.165) is 35.5 Å². The number of fused-ring (bicyclic) bond motifs is 2. The molecular weight excluding hydrogens is 302 g/mol. The molecule has 1 amide bonds. The van der Waals surface area contributed by atoms with E-state index in [2.05, 4.69) is 12.1 Å².